The first-order valence-electron chi connectivity index (χ1n) is 9.37. The van der Waals surface area contributed by atoms with Crippen molar-refractivity contribution in [3.8, 4) is 5.75 Å². The van der Waals surface area contributed by atoms with E-state index in [0.717, 1.165) is 6.42 Å². The van der Waals surface area contributed by atoms with Crippen molar-refractivity contribution in [1.82, 2.24) is 10.2 Å². The molecule has 5 heteroatoms. The third-order valence-corrected chi connectivity index (χ3v) is 4.80. The molecule has 142 valence electrons. The highest BCUT2D eigenvalue weighted by atomic mass is 16.5. The maximum atomic E-state index is 13.0. The molecule has 1 atom stereocenters. The summed E-state index contributed by atoms with van der Waals surface area (Å²) < 4.78 is 5.48. The minimum Gasteiger partial charge on any atom is -0.484 e. The Morgan fingerprint density at radius 1 is 1.04 bits per heavy atom. The second-order valence-corrected chi connectivity index (χ2v) is 7.17. The number of nitrogens with zero attached hydrogens (tertiary/aromatic N) is 1. The zero-order valence-electron chi connectivity index (χ0n) is 15.9. The topological polar surface area (TPSA) is 58.6 Å². The maximum absolute atomic E-state index is 13.0. The number of rotatable bonds is 6. The standard InChI is InChI=1S/C22H26N2O3/c1-16(2)21(23-20(25)15-27-19-10-4-3-5-11-19)22(26)24-13-12-17-8-6-7-9-18(17)14-24/h3-11,16,21H,12-15H2,1-2H3,(H,23,25)/t21-/m0/s1. The van der Waals surface area contributed by atoms with Crippen LogP contribution in [0, 0.1) is 5.92 Å². The van der Waals surface area contributed by atoms with Gasteiger partial charge < -0.3 is 15.0 Å². The number of ether oxygens (including phenoxy) is 1. The summed E-state index contributed by atoms with van der Waals surface area (Å²) in [6.07, 6.45) is 0.845. The molecule has 0 saturated heterocycles. The molecule has 2 aromatic carbocycles. The van der Waals surface area contributed by atoms with Gasteiger partial charge in [0.2, 0.25) is 5.91 Å². The number of benzene rings is 2. The zero-order valence-corrected chi connectivity index (χ0v) is 15.9. The molecule has 0 bridgehead atoms. The Labute approximate surface area is 160 Å². The fourth-order valence-electron chi connectivity index (χ4n) is 3.27. The van der Waals surface area contributed by atoms with Crippen molar-refractivity contribution in [3.05, 3.63) is 65.7 Å². The molecule has 0 unspecified atom stereocenters. The van der Waals surface area contributed by atoms with Gasteiger partial charge >= 0.3 is 0 Å². The maximum Gasteiger partial charge on any atom is 0.258 e. The summed E-state index contributed by atoms with van der Waals surface area (Å²) in [5.74, 6) is 0.305. The van der Waals surface area contributed by atoms with E-state index in [4.69, 9.17) is 4.74 Å². The summed E-state index contributed by atoms with van der Waals surface area (Å²) in [5, 5.41) is 2.85. The number of hydrogen-bond acceptors (Lipinski definition) is 3. The molecular weight excluding hydrogens is 340 g/mol. The van der Waals surface area contributed by atoms with Crippen molar-refractivity contribution >= 4 is 11.8 Å². The average Bonchev–Trinajstić information content (AvgIpc) is 2.70. The second-order valence-electron chi connectivity index (χ2n) is 7.17. The quantitative estimate of drug-likeness (QED) is 0.855. The molecule has 0 aromatic heterocycles. The Hall–Kier alpha value is -2.82. The van der Waals surface area contributed by atoms with Gasteiger partial charge in [0.25, 0.3) is 5.91 Å². The lowest BCUT2D eigenvalue weighted by atomic mass is 9.97. The molecule has 1 aliphatic heterocycles. The monoisotopic (exact) mass is 366 g/mol. The van der Waals surface area contributed by atoms with E-state index in [-0.39, 0.29) is 24.3 Å². The second kappa shape index (κ2) is 8.71. The number of fused-ring (bicyclic) bond motifs is 1. The number of carbonyl (C=O) groups excluding carboxylic acids is 2. The summed E-state index contributed by atoms with van der Waals surface area (Å²) in [6, 6.07) is 16.8. The Balaban J connectivity index is 1.59. The lowest BCUT2D eigenvalue weighted by Crippen LogP contribution is -2.53. The van der Waals surface area contributed by atoms with Crippen LogP contribution < -0.4 is 10.1 Å². The van der Waals surface area contributed by atoms with Crippen LogP contribution in [0.3, 0.4) is 0 Å². The van der Waals surface area contributed by atoms with Gasteiger partial charge in [-0.3, -0.25) is 9.59 Å². The molecular formula is C22H26N2O3. The molecule has 0 saturated carbocycles. The predicted molar refractivity (Wildman–Crippen MR) is 104 cm³/mol. The van der Waals surface area contributed by atoms with Gasteiger partial charge in [-0.15, -0.1) is 0 Å². The fraction of sp³-hybridized carbons (Fsp3) is 0.364. The first-order chi connectivity index (χ1) is 13.0. The van der Waals surface area contributed by atoms with Crippen molar-refractivity contribution < 1.29 is 14.3 Å². The zero-order chi connectivity index (χ0) is 19.2. The Morgan fingerprint density at radius 2 is 1.70 bits per heavy atom. The third kappa shape index (κ3) is 4.88. The van der Waals surface area contributed by atoms with Gasteiger partial charge in [-0.25, -0.2) is 0 Å². The van der Waals surface area contributed by atoms with Crippen molar-refractivity contribution in [1.29, 1.82) is 0 Å². The van der Waals surface area contributed by atoms with Crippen molar-refractivity contribution in [2.24, 2.45) is 5.92 Å². The molecule has 3 rings (SSSR count). The van der Waals surface area contributed by atoms with Crippen molar-refractivity contribution in [2.75, 3.05) is 13.2 Å². The number of hydrogen-bond donors (Lipinski definition) is 1. The Bertz CT molecular complexity index is 789. The first-order valence-corrected chi connectivity index (χ1v) is 9.37. The number of amides is 2. The lowest BCUT2D eigenvalue weighted by Gasteiger charge is -2.33. The first kappa shape index (κ1) is 19.0. The van der Waals surface area contributed by atoms with Gasteiger partial charge in [0.1, 0.15) is 11.8 Å². The van der Waals surface area contributed by atoms with E-state index in [2.05, 4.69) is 17.4 Å². The summed E-state index contributed by atoms with van der Waals surface area (Å²) in [6.45, 7) is 5.05. The normalized spacial score (nSPS) is 14.4. The van der Waals surface area contributed by atoms with E-state index < -0.39 is 6.04 Å². The van der Waals surface area contributed by atoms with E-state index in [1.165, 1.54) is 11.1 Å². The molecule has 2 aromatic rings. The number of para-hydroxylation sites is 1. The summed E-state index contributed by atoms with van der Waals surface area (Å²) in [4.78, 5) is 27.2. The summed E-state index contributed by atoms with van der Waals surface area (Å²) >= 11 is 0. The van der Waals surface area contributed by atoms with E-state index >= 15 is 0 Å². The van der Waals surface area contributed by atoms with Crippen LogP contribution in [-0.4, -0.2) is 35.9 Å². The van der Waals surface area contributed by atoms with E-state index in [1.807, 2.05) is 49.1 Å². The Kier molecular flexibility index (Phi) is 6.12. The van der Waals surface area contributed by atoms with E-state index in [9.17, 15) is 9.59 Å². The average molecular weight is 366 g/mol. The molecule has 0 aliphatic carbocycles. The molecule has 0 radical (unpaired) electrons. The number of carbonyl (C=O) groups is 2. The highest BCUT2D eigenvalue weighted by Crippen LogP contribution is 2.20. The van der Waals surface area contributed by atoms with Crippen molar-refractivity contribution in [3.63, 3.8) is 0 Å². The van der Waals surface area contributed by atoms with Gasteiger partial charge in [0.05, 0.1) is 0 Å². The SMILES string of the molecule is CC(C)[C@H](NC(=O)COc1ccccc1)C(=O)N1CCc2ccccc2C1. The Morgan fingerprint density at radius 3 is 2.41 bits per heavy atom. The number of nitrogens with one attached hydrogen (secondary N) is 1. The van der Waals surface area contributed by atoms with Crippen LogP contribution in [0.1, 0.15) is 25.0 Å². The largest absolute Gasteiger partial charge is 0.484 e. The van der Waals surface area contributed by atoms with Crippen LogP contribution >= 0.6 is 0 Å². The van der Waals surface area contributed by atoms with Gasteiger partial charge in [-0.2, -0.15) is 0 Å². The summed E-state index contributed by atoms with van der Waals surface area (Å²) in [7, 11) is 0. The lowest BCUT2D eigenvalue weighted by molar-refractivity contribution is -0.139. The molecule has 1 heterocycles. The van der Waals surface area contributed by atoms with Crippen LogP contribution in [-0.2, 0) is 22.6 Å². The highest BCUT2D eigenvalue weighted by Gasteiger charge is 2.30. The van der Waals surface area contributed by atoms with Gasteiger partial charge in [0, 0.05) is 13.1 Å². The van der Waals surface area contributed by atoms with Crippen LogP contribution in [0.25, 0.3) is 0 Å². The molecule has 0 fully saturated rings. The minimum absolute atomic E-state index is 0.00431. The van der Waals surface area contributed by atoms with Gasteiger partial charge in [-0.1, -0.05) is 56.3 Å². The fourth-order valence-corrected chi connectivity index (χ4v) is 3.27. The molecule has 27 heavy (non-hydrogen) atoms. The van der Waals surface area contributed by atoms with Gasteiger partial charge in [0.15, 0.2) is 6.61 Å². The van der Waals surface area contributed by atoms with Gasteiger partial charge in [-0.05, 0) is 35.6 Å². The van der Waals surface area contributed by atoms with Crippen LogP contribution in [0.4, 0.5) is 0 Å². The van der Waals surface area contributed by atoms with E-state index in [0.29, 0.717) is 18.8 Å². The third-order valence-electron chi connectivity index (χ3n) is 4.80. The predicted octanol–water partition coefficient (Wildman–Crippen LogP) is 2.79. The molecule has 5 nitrogen and oxygen atoms in total. The summed E-state index contributed by atoms with van der Waals surface area (Å²) in [5.41, 5.74) is 2.47. The molecule has 1 aliphatic rings. The minimum atomic E-state index is -0.554. The molecule has 1 N–H and O–H groups in total. The van der Waals surface area contributed by atoms with Crippen LogP contribution in [0.5, 0.6) is 5.75 Å². The molecule has 0 spiro atoms. The highest BCUT2D eigenvalue weighted by molar-refractivity contribution is 5.88. The molecule has 2 amide bonds. The van der Waals surface area contributed by atoms with Crippen molar-refractivity contribution in [2.45, 2.75) is 32.9 Å². The van der Waals surface area contributed by atoms with Crippen LogP contribution in [0.15, 0.2) is 54.6 Å². The van der Waals surface area contributed by atoms with Crippen LogP contribution in [0.2, 0.25) is 0 Å². The smallest absolute Gasteiger partial charge is 0.258 e. The van der Waals surface area contributed by atoms with E-state index in [1.54, 1.807) is 12.1 Å².